The summed E-state index contributed by atoms with van der Waals surface area (Å²) in [5, 5.41) is 4.91. The van der Waals surface area contributed by atoms with Gasteiger partial charge in [-0.05, 0) is 43.3 Å². The van der Waals surface area contributed by atoms with E-state index < -0.39 is 0 Å². The summed E-state index contributed by atoms with van der Waals surface area (Å²) in [4.78, 5) is 18.2. The van der Waals surface area contributed by atoms with E-state index in [-0.39, 0.29) is 12.3 Å². The molecule has 1 amide bonds. The minimum atomic E-state index is -0.100. The second kappa shape index (κ2) is 8.36. The number of anilines is 1. The molecule has 4 aromatic rings. The molecule has 0 unspecified atom stereocenters. The van der Waals surface area contributed by atoms with Crippen LogP contribution in [-0.4, -0.2) is 29.0 Å². The number of ether oxygens (including phenoxy) is 2. The van der Waals surface area contributed by atoms with Gasteiger partial charge in [0.15, 0.2) is 4.96 Å². The van der Waals surface area contributed by atoms with Crippen molar-refractivity contribution in [2.45, 2.75) is 13.3 Å². The highest BCUT2D eigenvalue weighted by atomic mass is 32.1. The summed E-state index contributed by atoms with van der Waals surface area (Å²) in [6.07, 6.45) is 2.21. The molecule has 0 spiro atoms. The number of thiazole rings is 1. The van der Waals surface area contributed by atoms with Crippen molar-refractivity contribution in [2.24, 2.45) is 0 Å². The van der Waals surface area contributed by atoms with E-state index in [2.05, 4.69) is 10.3 Å². The summed E-state index contributed by atoms with van der Waals surface area (Å²) in [7, 11) is 1.64. The van der Waals surface area contributed by atoms with Crippen LogP contribution in [-0.2, 0) is 11.2 Å². The van der Waals surface area contributed by atoms with Gasteiger partial charge in [0.25, 0.3) is 0 Å². The zero-order chi connectivity index (χ0) is 20.2. The second-order valence-electron chi connectivity index (χ2n) is 6.39. The van der Waals surface area contributed by atoms with Gasteiger partial charge in [-0.25, -0.2) is 4.98 Å². The molecule has 0 saturated heterocycles. The lowest BCUT2D eigenvalue weighted by atomic mass is 10.2. The number of hydrogen-bond acceptors (Lipinski definition) is 5. The summed E-state index contributed by atoms with van der Waals surface area (Å²) < 4.78 is 12.8. The number of para-hydroxylation sites is 2. The van der Waals surface area contributed by atoms with E-state index in [0.717, 1.165) is 27.7 Å². The quantitative estimate of drug-likeness (QED) is 0.484. The van der Waals surface area contributed by atoms with Crippen LogP contribution in [0.2, 0.25) is 0 Å². The first-order chi connectivity index (χ1) is 14.2. The number of aromatic nitrogens is 2. The maximum atomic E-state index is 12.6. The zero-order valence-corrected chi connectivity index (χ0v) is 17.0. The van der Waals surface area contributed by atoms with Crippen molar-refractivity contribution < 1.29 is 14.3 Å². The standard InChI is InChI=1S/C22H21N3O3S/c1-3-28-20-7-5-4-6-18(20)23-21(26)12-16-14-29-22-24-19(13-25(16)22)15-8-10-17(27-2)11-9-15/h4-11,13-14H,3,12H2,1-2H3,(H,23,26). The fourth-order valence-electron chi connectivity index (χ4n) is 3.07. The highest BCUT2D eigenvalue weighted by Gasteiger charge is 2.14. The Bertz CT molecular complexity index is 1130. The summed E-state index contributed by atoms with van der Waals surface area (Å²) in [6.45, 7) is 2.46. The summed E-state index contributed by atoms with van der Waals surface area (Å²) >= 11 is 1.52. The topological polar surface area (TPSA) is 64.9 Å². The Labute approximate surface area is 172 Å². The molecule has 0 aliphatic carbocycles. The number of benzene rings is 2. The van der Waals surface area contributed by atoms with Crippen molar-refractivity contribution in [3.05, 3.63) is 65.8 Å². The smallest absolute Gasteiger partial charge is 0.230 e. The number of hydrogen-bond donors (Lipinski definition) is 1. The molecule has 0 bridgehead atoms. The number of amides is 1. The van der Waals surface area contributed by atoms with E-state index in [1.54, 1.807) is 7.11 Å². The number of carbonyl (C=O) groups excluding carboxylic acids is 1. The fourth-order valence-corrected chi connectivity index (χ4v) is 3.94. The molecule has 0 fully saturated rings. The number of nitrogens with zero attached hydrogens (tertiary/aromatic N) is 2. The Hall–Kier alpha value is -3.32. The minimum absolute atomic E-state index is 0.100. The van der Waals surface area contributed by atoms with Crippen LogP contribution in [0.3, 0.4) is 0 Å². The molecular weight excluding hydrogens is 386 g/mol. The molecule has 4 rings (SSSR count). The lowest BCUT2D eigenvalue weighted by Gasteiger charge is -2.11. The average molecular weight is 407 g/mol. The van der Waals surface area contributed by atoms with Crippen molar-refractivity contribution in [1.82, 2.24) is 9.38 Å². The third kappa shape index (κ3) is 4.09. The molecule has 2 aromatic heterocycles. The van der Waals surface area contributed by atoms with Gasteiger partial charge in [0.1, 0.15) is 11.5 Å². The SMILES string of the molecule is CCOc1ccccc1NC(=O)Cc1csc2nc(-c3ccc(OC)cc3)cn12. The van der Waals surface area contributed by atoms with Gasteiger partial charge in [-0.15, -0.1) is 11.3 Å². The number of methoxy groups -OCH3 is 1. The first kappa shape index (κ1) is 19.0. The molecule has 1 N–H and O–H groups in total. The van der Waals surface area contributed by atoms with Crippen molar-refractivity contribution in [3.8, 4) is 22.8 Å². The molecule has 6 nitrogen and oxygen atoms in total. The third-order valence-corrected chi connectivity index (χ3v) is 5.36. The van der Waals surface area contributed by atoms with Crippen LogP contribution >= 0.6 is 11.3 Å². The van der Waals surface area contributed by atoms with Crippen molar-refractivity contribution in [1.29, 1.82) is 0 Å². The van der Waals surface area contributed by atoms with Crippen LogP contribution in [0.4, 0.5) is 5.69 Å². The van der Waals surface area contributed by atoms with Gasteiger partial charge in [-0.2, -0.15) is 0 Å². The third-order valence-electron chi connectivity index (χ3n) is 4.47. The molecular formula is C22H21N3O3S. The molecule has 0 atom stereocenters. The van der Waals surface area contributed by atoms with Gasteiger partial charge >= 0.3 is 0 Å². The number of imidazole rings is 1. The maximum Gasteiger partial charge on any atom is 0.230 e. The molecule has 148 valence electrons. The largest absolute Gasteiger partial charge is 0.497 e. The van der Waals surface area contributed by atoms with Crippen LogP contribution < -0.4 is 14.8 Å². The molecule has 0 radical (unpaired) electrons. The molecule has 2 aromatic carbocycles. The summed E-state index contributed by atoms with van der Waals surface area (Å²) in [6, 6.07) is 15.2. The van der Waals surface area contributed by atoms with Crippen LogP contribution in [0.15, 0.2) is 60.1 Å². The highest BCUT2D eigenvalue weighted by Crippen LogP contribution is 2.27. The van der Waals surface area contributed by atoms with Crippen molar-refractivity contribution in [2.75, 3.05) is 19.0 Å². The van der Waals surface area contributed by atoms with Crippen LogP contribution in [0.25, 0.3) is 16.2 Å². The monoisotopic (exact) mass is 407 g/mol. The Balaban J connectivity index is 1.52. The highest BCUT2D eigenvalue weighted by molar-refractivity contribution is 7.15. The predicted octanol–water partition coefficient (Wildman–Crippen LogP) is 4.65. The lowest BCUT2D eigenvalue weighted by Crippen LogP contribution is -2.16. The Morgan fingerprint density at radius 1 is 1.17 bits per heavy atom. The number of carbonyl (C=O) groups is 1. The first-order valence-electron chi connectivity index (χ1n) is 9.29. The molecule has 7 heteroatoms. The van der Waals surface area contributed by atoms with Crippen LogP contribution in [0.5, 0.6) is 11.5 Å². The number of nitrogens with one attached hydrogen (secondary N) is 1. The van der Waals surface area contributed by atoms with E-state index in [9.17, 15) is 4.79 Å². The van der Waals surface area contributed by atoms with E-state index >= 15 is 0 Å². The van der Waals surface area contributed by atoms with Gasteiger partial charge < -0.3 is 14.8 Å². The molecule has 2 heterocycles. The van der Waals surface area contributed by atoms with Gasteiger partial charge in [0.2, 0.25) is 5.91 Å². The Morgan fingerprint density at radius 2 is 1.97 bits per heavy atom. The van der Waals surface area contributed by atoms with Gasteiger partial charge in [-0.1, -0.05) is 12.1 Å². The number of rotatable bonds is 7. The average Bonchev–Trinajstić information content (AvgIpc) is 3.32. The second-order valence-corrected chi connectivity index (χ2v) is 7.22. The minimum Gasteiger partial charge on any atom is -0.497 e. The fraction of sp³-hybridized carbons (Fsp3) is 0.182. The number of fused-ring (bicyclic) bond motifs is 1. The van der Waals surface area contributed by atoms with Crippen molar-refractivity contribution >= 4 is 27.9 Å². The normalized spacial score (nSPS) is 10.8. The van der Waals surface area contributed by atoms with Gasteiger partial charge in [0.05, 0.1) is 31.5 Å². The predicted molar refractivity (Wildman–Crippen MR) is 115 cm³/mol. The Morgan fingerprint density at radius 3 is 2.72 bits per heavy atom. The lowest BCUT2D eigenvalue weighted by molar-refractivity contribution is -0.115. The van der Waals surface area contributed by atoms with Crippen LogP contribution in [0, 0.1) is 0 Å². The summed E-state index contributed by atoms with van der Waals surface area (Å²) in [5.41, 5.74) is 3.43. The van der Waals surface area contributed by atoms with Crippen LogP contribution in [0.1, 0.15) is 12.6 Å². The zero-order valence-electron chi connectivity index (χ0n) is 16.2. The molecule has 29 heavy (non-hydrogen) atoms. The molecule has 0 aliphatic heterocycles. The van der Waals surface area contributed by atoms with E-state index in [1.807, 2.05) is 71.4 Å². The molecule has 0 aliphatic rings. The molecule has 0 saturated carbocycles. The van der Waals surface area contributed by atoms with Crippen molar-refractivity contribution in [3.63, 3.8) is 0 Å². The Kier molecular flexibility index (Phi) is 5.48. The maximum absolute atomic E-state index is 12.6. The van der Waals surface area contributed by atoms with E-state index in [4.69, 9.17) is 9.47 Å². The first-order valence-corrected chi connectivity index (χ1v) is 10.2. The van der Waals surface area contributed by atoms with E-state index in [0.29, 0.717) is 18.0 Å². The summed E-state index contributed by atoms with van der Waals surface area (Å²) in [5.74, 6) is 1.37. The van der Waals surface area contributed by atoms with E-state index in [1.165, 1.54) is 11.3 Å². The van der Waals surface area contributed by atoms with Gasteiger partial charge in [0, 0.05) is 22.8 Å². The van der Waals surface area contributed by atoms with Gasteiger partial charge in [-0.3, -0.25) is 9.20 Å².